The zero-order valence-electron chi connectivity index (χ0n) is 21.4. The third kappa shape index (κ3) is 7.08. The van der Waals surface area contributed by atoms with Crippen LogP contribution in [-0.4, -0.2) is 33.6 Å². The minimum atomic E-state index is -0.603. The van der Waals surface area contributed by atoms with Gasteiger partial charge in [0.05, 0.1) is 16.4 Å². The second-order valence-corrected chi connectivity index (χ2v) is 7.73. The van der Waals surface area contributed by atoms with Crippen LogP contribution < -0.4 is 21.3 Å². The zero-order chi connectivity index (χ0) is 27.5. The Morgan fingerprint density at radius 3 is 2.27 bits per heavy atom. The molecule has 0 aliphatic heterocycles. The summed E-state index contributed by atoms with van der Waals surface area (Å²) in [6.45, 7) is 5.75. The SMILES string of the molecule is CC.CNc1ccc(Oc2ccnc(C(N)=O)c2)cc1Cl.Cc1c(C=O)c(=O)n(-c2ccccc2)n1C. The molecular weight excluding hydrogens is 494 g/mol. The lowest BCUT2D eigenvalue weighted by Gasteiger charge is -2.08. The molecule has 194 valence electrons. The molecule has 10 heteroatoms. The number of hydrogen-bond donors (Lipinski definition) is 2. The standard InChI is InChI=1S/C13H12ClN3O2.C12H12N2O2.C2H6/c1-16-11-3-2-8(6-10(11)14)19-9-4-5-17-12(7-9)13(15)18;1-9-11(8-15)12(16)14(13(9)2)10-6-4-3-5-7-10;1-2/h2-7,16H,1H3,(H2,15,18);3-8H,1-2H3;1-2H3. The normalized spacial score (nSPS) is 9.78. The molecule has 2 aromatic carbocycles. The molecule has 9 nitrogen and oxygen atoms in total. The largest absolute Gasteiger partial charge is 0.457 e. The predicted molar refractivity (Wildman–Crippen MR) is 146 cm³/mol. The van der Waals surface area contributed by atoms with Crippen LogP contribution >= 0.6 is 11.6 Å². The lowest BCUT2D eigenvalue weighted by molar-refractivity contribution is 0.0994. The number of pyridine rings is 1. The van der Waals surface area contributed by atoms with Gasteiger partial charge in [0.15, 0.2) is 6.29 Å². The number of nitrogens with two attached hydrogens (primary N) is 1. The van der Waals surface area contributed by atoms with Crippen LogP contribution in [0.25, 0.3) is 5.69 Å². The summed E-state index contributed by atoms with van der Waals surface area (Å²) in [5.41, 5.74) is 7.47. The summed E-state index contributed by atoms with van der Waals surface area (Å²) in [6, 6.07) is 17.6. The molecule has 0 aliphatic carbocycles. The molecule has 0 saturated heterocycles. The maximum Gasteiger partial charge on any atom is 0.282 e. The molecule has 37 heavy (non-hydrogen) atoms. The van der Waals surface area contributed by atoms with Crippen LogP contribution in [0.5, 0.6) is 11.5 Å². The van der Waals surface area contributed by atoms with Gasteiger partial charge in [-0.1, -0.05) is 43.6 Å². The van der Waals surface area contributed by atoms with Gasteiger partial charge in [0.25, 0.3) is 11.5 Å². The number of anilines is 1. The van der Waals surface area contributed by atoms with Gasteiger partial charge >= 0.3 is 0 Å². The van der Waals surface area contributed by atoms with E-state index in [-0.39, 0.29) is 16.8 Å². The molecule has 2 aromatic heterocycles. The van der Waals surface area contributed by atoms with Gasteiger partial charge in [-0.15, -0.1) is 0 Å². The first-order valence-electron chi connectivity index (χ1n) is 11.5. The minimum Gasteiger partial charge on any atom is -0.457 e. The Morgan fingerprint density at radius 2 is 1.73 bits per heavy atom. The van der Waals surface area contributed by atoms with E-state index in [0.29, 0.717) is 28.5 Å². The summed E-state index contributed by atoms with van der Waals surface area (Å²) >= 11 is 6.05. The van der Waals surface area contributed by atoms with Gasteiger partial charge in [-0.05, 0) is 37.3 Å². The summed E-state index contributed by atoms with van der Waals surface area (Å²) in [6.07, 6.45) is 2.07. The van der Waals surface area contributed by atoms with Crippen molar-refractivity contribution in [2.24, 2.45) is 12.8 Å². The van der Waals surface area contributed by atoms with Crippen molar-refractivity contribution in [1.82, 2.24) is 14.3 Å². The van der Waals surface area contributed by atoms with Crippen molar-refractivity contribution < 1.29 is 14.3 Å². The monoisotopic (exact) mass is 523 g/mol. The number of nitrogens with zero attached hydrogens (tertiary/aromatic N) is 3. The zero-order valence-corrected chi connectivity index (χ0v) is 22.1. The Hall–Kier alpha value is -4.37. The van der Waals surface area contributed by atoms with Crippen LogP contribution in [0, 0.1) is 6.92 Å². The summed E-state index contributed by atoms with van der Waals surface area (Å²) in [5.74, 6) is 0.428. The predicted octanol–water partition coefficient (Wildman–Crippen LogP) is 4.99. The number of aromatic nitrogens is 3. The second-order valence-electron chi connectivity index (χ2n) is 7.33. The Labute approximate surface area is 220 Å². The van der Waals surface area contributed by atoms with Crippen LogP contribution in [0.3, 0.4) is 0 Å². The topological polar surface area (TPSA) is 121 Å². The Morgan fingerprint density at radius 1 is 1.08 bits per heavy atom. The highest BCUT2D eigenvalue weighted by Crippen LogP contribution is 2.29. The molecule has 0 saturated carbocycles. The number of amides is 1. The molecule has 0 unspecified atom stereocenters. The highest BCUT2D eigenvalue weighted by atomic mass is 35.5. The lowest BCUT2D eigenvalue weighted by atomic mass is 10.3. The van der Waals surface area contributed by atoms with Gasteiger partial charge in [0, 0.05) is 38.1 Å². The lowest BCUT2D eigenvalue weighted by Crippen LogP contribution is -2.20. The van der Waals surface area contributed by atoms with Crippen LogP contribution in [-0.2, 0) is 7.05 Å². The van der Waals surface area contributed by atoms with Crippen molar-refractivity contribution in [3.05, 3.63) is 99.2 Å². The summed E-state index contributed by atoms with van der Waals surface area (Å²) in [5, 5.41) is 3.50. The van der Waals surface area contributed by atoms with E-state index in [2.05, 4.69) is 10.3 Å². The van der Waals surface area contributed by atoms with E-state index in [0.717, 1.165) is 11.4 Å². The number of hydrogen-bond acceptors (Lipinski definition) is 6. The van der Waals surface area contributed by atoms with Crippen molar-refractivity contribution in [2.75, 3.05) is 12.4 Å². The second kappa shape index (κ2) is 13.6. The van der Waals surface area contributed by atoms with Gasteiger partial charge in [0.2, 0.25) is 0 Å². The number of benzene rings is 2. The fourth-order valence-electron chi connectivity index (χ4n) is 3.23. The average molecular weight is 524 g/mol. The van der Waals surface area contributed by atoms with Gasteiger partial charge in [-0.25, -0.2) is 4.68 Å². The Kier molecular flexibility index (Phi) is 10.6. The number of nitrogens with one attached hydrogen (secondary N) is 1. The van der Waals surface area contributed by atoms with Crippen molar-refractivity contribution >= 4 is 29.5 Å². The first-order valence-corrected chi connectivity index (χ1v) is 11.8. The number of halogens is 1. The highest BCUT2D eigenvalue weighted by Gasteiger charge is 2.14. The summed E-state index contributed by atoms with van der Waals surface area (Å²) < 4.78 is 8.76. The van der Waals surface area contributed by atoms with Crippen molar-refractivity contribution in [3.8, 4) is 17.2 Å². The van der Waals surface area contributed by atoms with Crippen molar-refractivity contribution in [2.45, 2.75) is 20.8 Å². The molecule has 0 fully saturated rings. The summed E-state index contributed by atoms with van der Waals surface area (Å²) in [7, 11) is 3.54. The van der Waals surface area contributed by atoms with E-state index < -0.39 is 5.91 Å². The molecule has 0 radical (unpaired) electrons. The van der Waals surface area contributed by atoms with E-state index in [1.54, 1.807) is 50.0 Å². The van der Waals surface area contributed by atoms with Gasteiger partial charge in [0.1, 0.15) is 22.8 Å². The molecule has 0 aliphatic rings. The highest BCUT2D eigenvalue weighted by molar-refractivity contribution is 6.33. The molecular formula is C27H30ClN5O4. The minimum absolute atomic E-state index is 0.149. The number of rotatable bonds is 6. The molecule has 4 rings (SSSR count). The number of primary amides is 1. The first kappa shape index (κ1) is 28.9. The number of aldehydes is 1. The Bertz CT molecular complexity index is 1410. The van der Waals surface area contributed by atoms with E-state index in [1.165, 1.54) is 16.9 Å². The molecule has 2 heterocycles. The summed E-state index contributed by atoms with van der Waals surface area (Å²) in [4.78, 5) is 37.6. The maximum absolute atomic E-state index is 12.0. The van der Waals surface area contributed by atoms with E-state index in [9.17, 15) is 14.4 Å². The van der Waals surface area contributed by atoms with Crippen LogP contribution in [0.2, 0.25) is 5.02 Å². The smallest absolute Gasteiger partial charge is 0.282 e. The molecule has 4 aromatic rings. The van der Waals surface area contributed by atoms with E-state index >= 15 is 0 Å². The van der Waals surface area contributed by atoms with Gasteiger partial charge in [-0.2, -0.15) is 0 Å². The van der Waals surface area contributed by atoms with Crippen LogP contribution in [0.15, 0.2) is 71.7 Å². The molecule has 0 bridgehead atoms. The van der Waals surface area contributed by atoms with E-state index in [1.807, 2.05) is 44.2 Å². The van der Waals surface area contributed by atoms with Crippen molar-refractivity contribution in [3.63, 3.8) is 0 Å². The fourth-order valence-corrected chi connectivity index (χ4v) is 3.50. The van der Waals surface area contributed by atoms with Crippen molar-refractivity contribution in [1.29, 1.82) is 0 Å². The quantitative estimate of drug-likeness (QED) is 0.343. The first-order chi connectivity index (χ1) is 17.8. The number of ether oxygens (including phenoxy) is 1. The molecule has 3 N–H and O–H groups in total. The maximum atomic E-state index is 12.0. The third-order valence-corrected chi connectivity index (χ3v) is 5.46. The van der Waals surface area contributed by atoms with Gasteiger partial charge in [-0.3, -0.25) is 24.0 Å². The van der Waals surface area contributed by atoms with E-state index in [4.69, 9.17) is 22.1 Å². The number of carbonyl (C=O) groups excluding carboxylic acids is 2. The molecule has 0 spiro atoms. The third-order valence-electron chi connectivity index (χ3n) is 5.15. The van der Waals surface area contributed by atoms with Crippen LogP contribution in [0.4, 0.5) is 5.69 Å². The molecule has 1 amide bonds. The molecule has 0 atom stereocenters. The van der Waals surface area contributed by atoms with Gasteiger partial charge < -0.3 is 15.8 Å². The Balaban J connectivity index is 0.000000247. The average Bonchev–Trinajstić information content (AvgIpc) is 3.13. The number of carbonyl (C=O) groups is 2. The van der Waals surface area contributed by atoms with Crippen LogP contribution in [0.1, 0.15) is 40.4 Å². The number of para-hydroxylation sites is 1. The fraction of sp³-hybridized carbons (Fsp3) is 0.185.